The Hall–Kier alpha value is -3.38. The summed E-state index contributed by atoms with van der Waals surface area (Å²) in [7, 11) is 3.42. The summed E-state index contributed by atoms with van der Waals surface area (Å²) in [5.41, 5.74) is 10.1. The Morgan fingerprint density at radius 1 is 1.17 bits per heavy atom. The topological polar surface area (TPSA) is 77.0 Å². The first-order valence-corrected chi connectivity index (χ1v) is 9.96. The van der Waals surface area contributed by atoms with Crippen LogP contribution in [0.25, 0.3) is 11.0 Å². The van der Waals surface area contributed by atoms with Crippen molar-refractivity contribution in [3.8, 4) is 0 Å². The van der Waals surface area contributed by atoms with Crippen molar-refractivity contribution in [3.63, 3.8) is 0 Å². The van der Waals surface area contributed by atoms with Crippen molar-refractivity contribution in [2.24, 2.45) is 0 Å². The Bertz CT molecular complexity index is 1220. The van der Waals surface area contributed by atoms with Gasteiger partial charge in [0.1, 0.15) is 0 Å². The highest BCUT2D eigenvalue weighted by Gasteiger charge is 2.24. The maximum atomic E-state index is 12.6. The Labute approximate surface area is 179 Å². The second kappa shape index (κ2) is 8.16. The van der Waals surface area contributed by atoms with Crippen LogP contribution in [-0.4, -0.2) is 39.7 Å². The van der Waals surface area contributed by atoms with Crippen LogP contribution in [0.1, 0.15) is 27.5 Å². The number of amides is 1. The summed E-state index contributed by atoms with van der Waals surface area (Å²) in [6.07, 6.45) is 4.13. The van der Waals surface area contributed by atoms with Gasteiger partial charge in [0.15, 0.2) is 5.65 Å². The standard InChI is InChI=1S/C23H22ClN5O/c1-28(2)23(30)19-10-4-9-18(21(19)25)20(13-15-6-3-8-17(24)12-15)29-22-16(14-27-29)7-5-11-26-22/h3-12,14,20H,13,25H2,1-2H3. The van der Waals surface area contributed by atoms with Crippen LogP contribution in [0.4, 0.5) is 5.69 Å². The number of halogens is 1. The van der Waals surface area contributed by atoms with E-state index in [1.165, 1.54) is 4.90 Å². The van der Waals surface area contributed by atoms with Crippen LogP contribution in [0.15, 0.2) is 67.0 Å². The summed E-state index contributed by atoms with van der Waals surface area (Å²) in [5.74, 6) is -0.140. The SMILES string of the molecule is CN(C)C(=O)c1cccc(C(Cc2cccc(Cl)c2)n2ncc3cccnc32)c1N. The molecule has 0 aliphatic rings. The number of benzene rings is 2. The molecule has 1 amide bonds. The molecule has 0 fully saturated rings. The number of carbonyl (C=O) groups is 1. The lowest BCUT2D eigenvalue weighted by Crippen LogP contribution is -2.24. The molecule has 1 unspecified atom stereocenters. The van der Waals surface area contributed by atoms with Crippen LogP contribution in [0, 0.1) is 0 Å². The average molecular weight is 420 g/mol. The molecule has 0 radical (unpaired) electrons. The molecule has 7 heteroatoms. The van der Waals surface area contributed by atoms with E-state index >= 15 is 0 Å². The van der Waals surface area contributed by atoms with E-state index in [2.05, 4.69) is 10.1 Å². The first-order chi connectivity index (χ1) is 14.5. The summed E-state index contributed by atoms with van der Waals surface area (Å²) in [5, 5.41) is 6.22. The number of hydrogen-bond acceptors (Lipinski definition) is 4. The van der Waals surface area contributed by atoms with E-state index in [9.17, 15) is 4.79 Å². The van der Waals surface area contributed by atoms with Crippen molar-refractivity contribution in [3.05, 3.63) is 88.7 Å². The van der Waals surface area contributed by atoms with Crippen LogP contribution in [0.2, 0.25) is 5.02 Å². The van der Waals surface area contributed by atoms with Crippen molar-refractivity contribution in [2.45, 2.75) is 12.5 Å². The van der Waals surface area contributed by atoms with Crippen LogP contribution in [0.3, 0.4) is 0 Å². The molecule has 6 nitrogen and oxygen atoms in total. The molecular weight excluding hydrogens is 398 g/mol. The highest BCUT2D eigenvalue weighted by molar-refractivity contribution is 6.30. The Balaban J connectivity index is 1.88. The lowest BCUT2D eigenvalue weighted by Gasteiger charge is -2.23. The monoisotopic (exact) mass is 419 g/mol. The zero-order valence-electron chi connectivity index (χ0n) is 16.8. The van der Waals surface area contributed by atoms with Crippen molar-refractivity contribution in [2.75, 3.05) is 19.8 Å². The number of nitrogens with zero attached hydrogens (tertiary/aromatic N) is 4. The first-order valence-electron chi connectivity index (χ1n) is 9.58. The van der Waals surface area contributed by atoms with Gasteiger partial charge in [-0.15, -0.1) is 0 Å². The number of pyridine rings is 1. The van der Waals surface area contributed by atoms with Crippen LogP contribution in [-0.2, 0) is 6.42 Å². The van der Waals surface area contributed by atoms with Gasteiger partial charge in [-0.25, -0.2) is 9.67 Å². The number of fused-ring (bicyclic) bond motifs is 1. The normalized spacial score (nSPS) is 12.1. The lowest BCUT2D eigenvalue weighted by molar-refractivity contribution is 0.0828. The number of rotatable bonds is 5. The Morgan fingerprint density at radius 2 is 1.97 bits per heavy atom. The Morgan fingerprint density at radius 3 is 2.73 bits per heavy atom. The maximum absolute atomic E-state index is 12.6. The molecular formula is C23H22ClN5O. The van der Waals surface area contributed by atoms with Gasteiger partial charge in [0.25, 0.3) is 5.91 Å². The van der Waals surface area contributed by atoms with E-state index in [-0.39, 0.29) is 11.9 Å². The van der Waals surface area contributed by atoms with Gasteiger partial charge in [-0.1, -0.05) is 35.9 Å². The van der Waals surface area contributed by atoms with Gasteiger partial charge >= 0.3 is 0 Å². The van der Waals surface area contributed by atoms with Gasteiger partial charge in [0.05, 0.1) is 17.8 Å². The number of carbonyl (C=O) groups excluding carboxylic acids is 1. The molecule has 0 saturated heterocycles. The number of aromatic nitrogens is 3. The fourth-order valence-corrected chi connectivity index (χ4v) is 3.84. The highest BCUT2D eigenvalue weighted by atomic mass is 35.5. The van der Waals surface area contributed by atoms with E-state index in [1.807, 2.05) is 53.2 Å². The smallest absolute Gasteiger partial charge is 0.255 e. The lowest BCUT2D eigenvalue weighted by atomic mass is 9.95. The zero-order chi connectivity index (χ0) is 21.3. The van der Waals surface area contributed by atoms with Gasteiger partial charge < -0.3 is 10.6 Å². The minimum Gasteiger partial charge on any atom is -0.398 e. The molecule has 0 spiro atoms. The molecule has 0 saturated carbocycles. The number of para-hydroxylation sites is 1. The van der Waals surface area contributed by atoms with Crippen molar-refractivity contribution in [1.82, 2.24) is 19.7 Å². The van der Waals surface area contributed by atoms with E-state index < -0.39 is 0 Å². The fraction of sp³-hybridized carbons (Fsp3) is 0.174. The van der Waals surface area contributed by atoms with E-state index in [0.29, 0.717) is 22.7 Å². The molecule has 0 bridgehead atoms. The molecule has 152 valence electrons. The third kappa shape index (κ3) is 3.74. The minimum atomic E-state index is -0.259. The summed E-state index contributed by atoms with van der Waals surface area (Å²) in [6, 6.07) is 16.8. The second-order valence-corrected chi connectivity index (χ2v) is 7.80. The average Bonchev–Trinajstić information content (AvgIpc) is 3.16. The van der Waals surface area contributed by atoms with E-state index in [0.717, 1.165) is 22.2 Å². The summed E-state index contributed by atoms with van der Waals surface area (Å²) < 4.78 is 1.87. The fourth-order valence-electron chi connectivity index (χ4n) is 3.63. The molecule has 2 heterocycles. The maximum Gasteiger partial charge on any atom is 0.255 e. The van der Waals surface area contributed by atoms with Crippen LogP contribution in [0.5, 0.6) is 0 Å². The first kappa shape index (κ1) is 19.9. The van der Waals surface area contributed by atoms with Crippen molar-refractivity contribution in [1.29, 1.82) is 0 Å². The summed E-state index contributed by atoms with van der Waals surface area (Å²) >= 11 is 6.22. The molecule has 2 aromatic carbocycles. The largest absolute Gasteiger partial charge is 0.398 e. The van der Waals surface area contributed by atoms with Crippen LogP contribution >= 0.6 is 11.6 Å². The van der Waals surface area contributed by atoms with Crippen LogP contribution < -0.4 is 5.73 Å². The quantitative estimate of drug-likeness (QED) is 0.492. The van der Waals surface area contributed by atoms with Gasteiger partial charge in [0, 0.05) is 42.0 Å². The predicted octanol–water partition coefficient (Wildman–Crippen LogP) is 4.20. The third-order valence-electron chi connectivity index (χ3n) is 5.10. The van der Waals surface area contributed by atoms with Gasteiger partial charge in [0.2, 0.25) is 0 Å². The molecule has 2 aromatic heterocycles. The molecule has 0 aliphatic carbocycles. The van der Waals surface area contributed by atoms with E-state index in [1.54, 1.807) is 32.6 Å². The number of hydrogen-bond donors (Lipinski definition) is 1. The summed E-state index contributed by atoms with van der Waals surface area (Å²) in [6.45, 7) is 0. The van der Waals surface area contributed by atoms with Gasteiger partial charge in [-0.2, -0.15) is 5.10 Å². The number of anilines is 1. The van der Waals surface area contributed by atoms with Crippen molar-refractivity contribution >= 4 is 34.2 Å². The Kier molecular flexibility index (Phi) is 5.42. The minimum absolute atomic E-state index is 0.140. The highest BCUT2D eigenvalue weighted by Crippen LogP contribution is 2.32. The molecule has 30 heavy (non-hydrogen) atoms. The molecule has 0 aliphatic heterocycles. The predicted molar refractivity (Wildman–Crippen MR) is 120 cm³/mol. The molecule has 4 rings (SSSR count). The number of nitrogens with two attached hydrogens (primary N) is 1. The zero-order valence-corrected chi connectivity index (χ0v) is 17.5. The molecule has 2 N–H and O–H groups in total. The van der Waals surface area contributed by atoms with Gasteiger partial charge in [-0.3, -0.25) is 4.79 Å². The summed E-state index contributed by atoms with van der Waals surface area (Å²) in [4.78, 5) is 18.7. The molecule has 1 atom stereocenters. The molecule has 4 aromatic rings. The van der Waals surface area contributed by atoms with Gasteiger partial charge in [-0.05, 0) is 42.3 Å². The second-order valence-electron chi connectivity index (χ2n) is 7.36. The third-order valence-corrected chi connectivity index (χ3v) is 5.34. The van der Waals surface area contributed by atoms with Crippen molar-refractivity contribution < 1.29 is 4.79 Å². The van der Waals surface area contributed by atoms with E-state index in [4.69, 9.17) is 17.3 Å². The number of nitrogen functional groups attached to an aromatic ring is 1.